The second-order valence-electron chi connectivity index (χ2n) is 0.408. The third-order valence-electron chi connectivity index (χ3n) is 0. The zero-order valence-electron chi connectivity index (χ0n) is 2.75. The molecular weight excluding hydrogens is 121 g/mol. The maximum atomic E-state index is 8.89. The van der Waals surface area contributed by atoms with Crippen molar-refractivity contribution in [2.24, 2.45) is 0 Å². The summed E-state index contributed by atoms with van der Waals surface area (Å²) in [5.41, 5.74) is 0. The molecule has 0 unspecified atom stereocenters. The molecule has 0 fully saturated rings. The molecule has 3 nitrogen and oxygen atoms in total. The van der Waals surface area contributed by atoms with Gasteiger partial charge in [0, 0.05) is 0 Å². The number of hydrogen-bond acceptors (Lipinski definition) is 4. The van der Waals surface area contributed by atoms with E-state index in [1.54, 1.807) is 0 Å². The van der Waals surface area contributed by atoms with Crippen LogP contribution in [-0.2, 0) is 20.2 Å². The molecule has 0 aliphatic rings. The maximum absolute atomic E-state index is 8.89. The molecule has 0 amide bonds. The molecule has 0 aromatic rings. The first kappa shape index (κ1) is 9.68. The van der Waals surface area contributed by atoms with Gasteiger partial charge in [-0.2, -0.15) is 0 Å². The predicted octanol–water partition coefficient (Wildman–Crippen LogP) is -1.39. The van der Waals surface area contributed by atoms with E-state index in [-0.39, 0.29) is 10.1 Å². The van der Waals surface area contributed by atoms with E-state index >= 15 is 0 Å². The number of rotatable bonds is 0. The molecule has 0 saturated heterocycles. The van der Waals surface area contributed by atoms with E-state index in [0.29, 0.717) is 0 Å². The van der Waals surface area contributed by atoms with Gasteiger partial charge >= 0.3 is 10.1 Å². The van der Waals surface area contributed by atoms with Crippen LogP contribution in [-0.4, -0.2) is 23.4 Å². The van der Waals surface area contributed by atoms with Crippen molar-refractivity contribution in [1.29, 1.82) is 0 Å². The average molecular weight is 121 g/mol. The molecule has 6 heavy (non-hydrogen) atoms. The van der Waals surface area contributed by atoms with Crippen molar-refractivity contribution in [3.8, 4) is 0 Å². The first-order chi connectivity index (χ1) is 2.00. The van der Waals surface area contributed by atoms with Gasteiger partial charge in [-0.1, -0.05) is 0 Å². The Balaban J connectivity index is 0. The van der Waals surface area contributed by atoms with Crippen molar-refractivity contribution in [2.75, 3.05) is 0 Å². The van der Waals surface area contributed by atoms with Gasteiger partial charge in [-0.15, -0.1) is 9.05 Å². The Morgan fingerprint density at radius 2 is 1.50 bits per heavy atom. The average Bonchev–Trinajstić information content (AvgIpc) is 0.722. The SMILES string of the molecule is O=S([O-])([O-])=S.[Be+2]. The molecule has 0 saturated carbocycles. The Labute approximate surface area is 44.3 Å². The molecule has 0 rings (SSSR count). The zero-order valence-corrected chi connectivity index (χ0v) is 4.38. The monoisotopic (exact) mass is 121 g/mol. The molecule has 0 spiro atoms. The van der Waals surface area contributed by atoms with Crippen molar-refractivity contribution in [3.05, 3.63) is 0 Å². The van der Waals surface area contributed by atoms with Crippen LogP contribution in [0.5, 0.6) is 0 Å². The van der Waals surface area contributed by atoms with Crippen molar-refractivity contribution in [2.45, 2.75) is 0 Å². The zero-order chi connectivity index (χ0) is 4.50. The van der Waals surface area contributed by atoms with Gasteiger partial charge in [0.15, 0.2) is 0 Å². The van der Waals surface area contributed by atoms with Crippen LogP contribution in [0.25, 0.3) is 0 Å². The summed E-state index contributed by atoms with van der Waals surface area (Å²) in [6.45, 7) is 0. The Morgan fingerprint density at radius 3 is 1.50 bits per heavy atom. The Hall–Kier alpha value is 0.459. The van der Waals surface area contributed by atoms with Crippen LogP contribution in [0, 0.1) is 0 Å². The van der Waals surface area contributed by atoms with Crippen LogP contribution in [0.3, 0.4) is 0 Å². The van der Waals surface area contributed by atoms with Gasteiger partial charge in [0.05, 0.1) is 0 Å². The molecule has 0 atom stereocenters. The first-order valence-electron chi connectivity index (χ1n) is 0.667. The molecule has 0 aliphatic carbocycles. The van der Waals surface area contributed by atoms with E-state index < -0.39 is 9.05 Å². The topological polar surface area (TPSA) is 63.2 Å². The summed E-state index contributed by atoms with van der Waals surface area (Å²) in [5.74, 6) is 0. The molecule has 0 N–H and O–H groups in total. The van der Waals surface area contributed by atoms with Crippen molar-refractivity contribution in [1.82, 2.24) is 0 Å². The predicted molar refractivity (Wildman–Crippen MR) is 22.8 cm³/mol. The summed E-state index contributed by atoms with van der Waals surface area (Å²) in [7, 11) is -4.33. The first-order valence-corrected chi connectivity index (χ1v) is 3.00. The normalized spacial score (nSPS) is 9.67. The molecule has 0 bridgehead atoms. The van der Waals surface area contributed by atoms with E-state index in [9.17, 15) is 0 Å². The summed E-state index contributed by atoms with van der Waals surface area (Å²) < 4.78 is 26.7. The summed E-state index contributed by atoms with van der Waals surface area (Å²) in [6, 6.07) is 0. The third-order valence-corrected chi connectivity index (χ3v) is 0. The van der Waals surface area contributed by atoms with Crippen molar-refractivity contribution in [3.63, 3.8) is 0 Å². The minimum atomic E-state index is -4.33. The third kappa shape index (κ3) is 253. The van der Waals surface area contributed by atoms with Crippen LogP contribution < -0.4 is 0 Å². The van der Waals surface area contributed by atoms with Crippen LogP contribution in [0.4, 0.5) is 0 Å². The molecule has 6 heteroatoms. The van der Waals surface area contributed by atoms with Crippen LogP contribution in [0.15, 0.2) is 0 Å². The Morgan fingerprint density at radius 1 is 1.50 bits per heavy atom. The minimum absolute atomic E-state index is 0. The van der Waals surface area contributed by atoms with Crippen molar-refractivity contribution >= 4 is 30.4 Å². The van der Waals surface area contributed by atoms with Gasteiger partial charge in [0.1, 0.15) is 0 Å². The van der Waals surface area contributed by atoms with Crippen LogP contribution in [0.1, 0.15) is 0 Å². The quantitative estimate of drug-likeness (QED) is 0.370. The molecule has 0 radical (unpaired) electrons. The van der Waals surface area contributed by atoms with Crippen LogP contribution >= 0.6 is 0 Å². The second-order valence-corrected chi connectivity index (χ2v) is 2.45. The molecule has 0 aliphatic heterocycles. The van der Waals surface area contributed by atoms with E-state index in [0.717, 1.165) is 0 Å². The van der Waals surface area contributed by atoms with E-state index in [2.05, 4.69) is 11.2 Å². The van der Waals surface area contributed by atoms with E-state index in [1.165, 1.54) is 0 Å². The van der Waals surface area contributed by atoms with Crippen molar-refractivity contribution < 1.29 is 13.3 Å². The van der Waals surface area contributed by atoms with Gasteiger partial charge in [-0.05, 0) is 11.2 Å². The van der Waals surface area contributed by atoms with Crippen LogP contribution in [0.2, 0.25) is 0 Å². The van der Waals surface area contributed by atoms with E-state index in [1.807, 2.05) is 0 Å². The summed E-state index contributed by atoms with van der Waals surface area (Å²) in [4.78, 5) is 0. The fourth-order valence-electron chi connectivity index (χ4n) is 0. The maximum Gasteiger partial charge on any atom is 2.00 e. The van der Waals surface area contributed by atoms with Gasteiger partial charge < -0.3 is 9.11 Å². The molecule has 0 aromatic carbocycles. The molecule has 0 heterocycles. The fraction of sp³-hybridized carbons (Fsp3) is 0. The standard InChI is InChI=1S/Be.H2O3S2/c;1-5(2,3)4/h;(H2,1,2,3,4)/q+2;/p-2. The summed E-state index contributed by atoms with van der Waals surface area (Å²) >= 11 is 3.24. The molecule has 32 valence electrons. The number of hydrogen-bond donors (Lipinski definition) is 0. The minimum Gasteiger partial charge on any atom is -0.780 e. The summed E-state index contributed by atoms with van der Waals surface area (Å²) in [5, 5.41) is 0. The Bertz CT molecular complexity index is 92.0. The second kappa shape index (κ2) is 2.60. The summed E-state index contributed by atoms with van der Waals surface area (Å²) in [6.07, 6.45) is 0. The smallest absolute Gasteiger partial charge is 0.780 e. The van der Waals surface area contributed by atoms with Gasteiger partial charge in [0.2, 0.25) is 0 Å². The fourth-order valence-corrected chi connectivity index (χ4v) is 0. The Kier molecular flexibility index (Phi) is 4.20. The van der Waals surface area contributed by atoms with Gasteiger partial charge in [0.25, 0.3) is 0 Å². The van der Waals surface area contributed by atoms with Gasteiger partial charge in [-0.25, -0.2) is 0 Å². The molecular formula is BeO3S2. The molecule has 0 aromatic heterocycles. The van der Waals surface area contributed by atoms with Gasteiger partial charge in [-0.3, -0.25) is 4.21 Å². The largest absolute Gasteiger partial charge is 2.00 e. The van der Waals surface area contributed by atoms with E-state index in [4.69, 9.17) is 13.3 Å².